The zero-order valence-corrected chi connectivity index (χ0v) is 17.4. The smallest absolute Gasteiger partial charge is 0.338 e. The second kappa shape index (κ2) is 9.25. The number of carbonyl (C=O) groups excluding carboxylic acids is 2. The number of hydrogen-bond donors (Lipinski definition) is 3. The SMILES string of the molecule is CCC(OC(=O)c1ccc(-c2nc(C)c(C)[nH]2)cc1)C(=O)Nc1ccc(C(=O)O)cc1. The summed E-state index contributed by atoms with van der Waals surface area (Å²) in [5, 5.41) is 11.6. The summed E-state index contributed by atoms with van der Waals surface area (Å²) in [5.74, 6) is -1.44. The highest BCUT2D eigenvalue weighted by Gasteiger charge is 2.22. The van der Waals surface area contributed by atoms with Crippen LogP contribution in [0.1, 0.15) is 45.4 Å². The van der Waals surface area contributed by atoms with E-state index in [1.807, 2.05) is 13.8 Å². The Labute approximate surface area is 179 Å². The number of aromatic nitrogens is 2. The predicted octanol–water partition coefficient (Wildman–Crippen LogP) is 3.97. The van der Waals surface area contributed by atoms with E-state index in [0.29, 0.717) is 11.3 Å². The van der Waals surface area contributed by atoms with Crippen LogP contribution in [0.15, 0.2) is 48.5 Å². The first-order chi connectivity index (χ1) is 14.8. The molecule has 2 aromatic carbocycles. The fourth-order valence-corrected chi connectivity index (χ4v) is 2.89. The van der Waals surface area contributed by atoms with Gasteiger partial charge in [-0.25, -0.2) is 14.6 Å². The Morgan fingerprint density at radius 3 is 2.16 bits per heavy atom. The van der Waals surface area contributed by atoms with Crippen LogP contribution in [0.3, 0.4) is 0 Å². The van der Waals surface area contributed by atoms with Gasteiger partial charge in [0.25, 0.3) is 5.91 Å². The lowest BCUT2D eigenvalue weighted by Crippen LogP contribution is -2.32. The first-order valence-corrected chi connectivity index (χ1v) is 9.77. The number of aryl methyl sites for hydroxylation is 2. The lowest BCUT2D eigenvalue weighted by atomic mass is 10.1. The first kappa shape index (κ1) is 21.8. The molecular formula is C23H23N3O5. The Balaban J connectivity index is 1.64. The molecule has 0 saturated carbocycles. The van der Waals surface area contributed by atoms with Crippen LogP contribution in [-0.4, -0.2) is 39.0 Å². The number of ether oxygens (including phenoxy) is 1. The van der Waals surface area contributed by atoms with Crippen LogP contribution in [0.25, 0.3) is 11.4 Å². The summed E-state index contributed by atoms with van der Waals surface area (Å²) in [6.45, 7) is 5.58. The van der Waals surface area contributed by atoms with Crippen molar-refractivity contribution in [3.8, 4) is 11.4 Å². The van der Waals surface area contributed by atoms with E-state index in [4.69, 9.17) is 9.84 Å². The Kier molecular flexibility index (Phi) is 6.49. The number of rotatable bonds is 7. The topological polar surface area (TPSA) is 121 Å². The first-order valence-electron chi connectivity index (χ1n) is 9.77. The van der Waals surface area contributed by atoms with Crippen molar-refractivity contribution in [2.24, 2.45) is 0 Å². The molecule has 1 unspecified atom stereocenters. The summed E-state index contributed by atoms with van der Waals surface area (Å²) in [7, 11) is 0. The number of carbonyl (C=O) groups is 3. The van der Waals surface area contributed by atoms with Gasteiger partial charge >= 0.3 is 11.9 Å². The lowest BCUT2D eigenvalue weighted by Gasteiger charge is -2.16. The maximum Gasteiger partial charge on any atom is 0.338 e. The van der Waals surface area contributed by atoms with Gasteiger partial charge in [0.2, 0.25) is 0 Å². The second-order valence-electron chi connectivity index (χ2n) is 7.05. The number of benzene rings is 2. The zero-order valence-electron chi connectivity index (χ0n) is 17.4. The third-order valence-corrected chi connectivity index (χ3v) is 4.83. The van der Waals surface area contributed by atoms with Crippen LogP contribution in [-0.2, 0) is 9.53 Å². The van der Waals surface area contributed by atoms with Crippen LogP contribution in [0.2, 0.25) is 0 Å². The van der Waals surface area contributed by atoms with E-state index in [9.17, 15) is 14.4 Å². The van der Waals surface area contributed by atoms with Gasteiger partial charge < -0.3 is 20.1 Å². The molecule has 0 spiro atoms. The van der Waals surface area contributed by atoms with Gasteiger partial charge in [0, 0.05) is 16.9 Å². The molecule has 0 fully saturated rings. The number of H-pyrrole nitrogens is 1. The molecule has 1 amide bonds. The molecule has 3 aromatic rings. The Hall–Kier alpha value is -3.94. The number of carboxylic acids is 1. The number of amides is 1. The molecule has 0 saturated heterocycles. The number of esters is 1. The standard InChI is InChI=1S/C23H23N3O5/c1-4-19(21(27)26-18-11-9-16(10-12-18)22(28)29)31-23(30)17-7-5-15(6-8-17)20-24-13(2)14(3)25-20/h5-12,19H,4H2,1-3H3,(H,24,25)(H,26,27)(H,28,29). The number of hydrogen-bond acceptors (Lipinski definition) is 5. The number of aromatic carboxylic acids is 1. The van der Waals surface area contributed by atoms with Crippen molar-refractivity contribution in [2.45, 2.75) is 33.3 Å². The number of imidazole rings is 1. The summed E-state index contributed by atoms with van der Waals surface area (Å²) in [6.07, 6.45) is -0.699. The minimum Gasteiger partial charge on any atom is -0.478 e. The van der Waals surface area contributed by atoms with E-state index in [2.05, 4.69) is 15.3 Å². The second-order valence-corrected chi connectivity index (χ2v) is 7.05. The molecule has 0 radical (unpaired) electrons. The Morgan fingerprint density at radius 2 is 1.65 bits per heavy atom. The van der Waals surface area contributed by atoms with Gasteiger partial charge in [-0.3, -0.25) is 4.79 Å². The molecule has 0 aliphatic heterocycles. The molecule has 160 valence electrons. The fraction of sp³-hybridized carbons (Fsp3) is 0.217. The molecule has 3 rings (SSSR count). The van der Waals surface area contributed by atoms with Gasteiger partial charge in [-0.05, 0) is 56.7 Å². The third kappa shape index (κ3) is 5.16. The van der Waals surface area contributed by atoms with E-state index < -0.39 is 23.9 Å². The van der Waals surface area contributed by atoms with Gasteiger partial charge in [0.1, 0.15) is 5.82 Å². The van der Waals surface area contributed by atoms with Gasteiger partial charge in [0.05, 0.1) is 16.8 Å². The highest BCUT2D eigenvalue weighted by molar-refractivity contribution is 5.98. The van der Waals surface area contributed by atoms with Gasteiger partial charge in [-0.1, -0.05) is 19.1 Å². The van der Waals surface area contributed by atoms with E-state index in [1.54, 1.807) is 31.2 Å². The van der Waals surface area contributed by atoms with Crippen LogP contribution in [0.5, 0.6) is 0 Å². The molecule has 3 N–H and O–H groups in total. The average Bonchev–Trinajstić information content (AvgIpc) is 3.10. The Morgan fingerprint density at radius 1 is 1.03 bits per heavy atom. The van der Waals surface area contributed by atoms with Gasteiger partial charge in [-0.2, -0.15) is 0 Å². The molecule has 0 bridgehead atoms. The van der Waals surface area contributed by atoms with Crippen LogP contribution in [0.4, 0.5) is 5.69 Å². The van der Waals surface area contributed by atoms with Gasteiger partial charge in [0.15, 0.2) is 6.10 Å². The largest absolute Gasteiger partial charge is 0.478 e. The van der Waals surface area contributed by atoms with Crippen molar-refractivity contribution in [3.05, 3.63) is 71.0 Å². The van der Waals surface area contributed by atoms with Crippen LogP contribution in [0, 0.1) is 13.8 Å². The monoisotopic (exact) mass is 421 g/mol. The van der Waals surface area contributed by atoms with Crippen molar-refractivity contribution in [1.29, 1.82) is 0 Å². The van der Waals surface area contributed by atoms with E-state index in [-0.39, 0.29) is 12.0 Å². The normalized spacial score (nSPS) is 11.6. The molecule has 1 heterocycles. The van der Waals surface area contributed by atoms with Crippen LogP contribution >= 0.6 is 0 Å². The van der Waals surface area contributed by atoms with Gasteiger partial charge in [-0.15, -0.1) is 0 Å². The molecule has 8 heteroatoms. The highest BCUT2D eigenvalue weighted by atomic mass is 16.5. The number of carboxylic acid groups (broad SMARTS) is 1. The van der Waals surface area contributed by atoms with E-state index in [0.717, 1.165) is 22.8 Å². The molecule has 0 aliphatic rings. The van der Waals surface area contributed by atoms with Crippen molar-refractivity contribution < 1.29 is 24.2 Å². The molecule has 31 heavy (non-hydrogen) atoms. The quantitative estimate of drug-likeness (QED) is 0.497. The highest BCUT2D eigenvalue weighted by Crippen LogP contribution is 2.19. The van der Waals surface area contributed by atoms with Crippen molar-refractivity contribution >= 4 is 23.5 Å². The summed E-state index contributed by atoms with van der Waals surface area (Å²) in [4.78, 5) is 43.5. The van der Waals surface area contributed by atoms with E-state index in [1.165, 1.54) is 24.3 Å². The van der Waals surface area contributed by atoms with Crippen molar-refractivity contribution in [1.82, 2.24) is 9.97 Å². The number of nitrogens with zero attached hydrogens (tertiary/aromatic N) is 1. The summed E-state index contributed by atoms with van der Waals surface area (Å²) >= 11 is 0. The average molecular weight is 421 g/mol. The molecular weight excluding hydrogens is 398 g/mol. The zero-order chi connectivity index (χ0) is 22.5. The van der Waals surface area contributed by atoms with E-state index >= 15 is 0 Å². The third-order valence-electron chi connectivity index (χ3n) is 4.83. The molecule has 8 nitrogen and oxygen atoms in total. The number of nitrogens with one attached hydrogen (secondary N) is 2. The minimum absolute atomic E-state index is 0.111. The predicted molar refractivity (Wildman–Crippen MR) is 115 cm³/mol. The van der Waals surface area contributed by atoms with Crippen molar-refractivity contribution in [3.63, 3.8) is 0 Å². The summed E-state index contributed by atoms with van der Waals surface area (Å²) in [5.41, 5.74) is 3.57. The maximum atomic E-state index is 12.5. The number of aromatic amines is 1. The molecule has 0 aliphatic carbocycles. The fourth-order valence-electron chi connectivity index (χ4n) is 2.89. The minimum atomic E-state index is -1.05. The molecule has 1 atom stereocenters. The number of anilines is 1. The van der Waals surface area contributed by atoms with Crippen LogP contribution < -0.4 is 5.32 Å². The van der Waals surface area contributed by atoms with Crippen molar-refractivity contribution in [2.75, 3.05) is 5.32 Å². The lowest BCUT2D eigenvalue weighted by molar-refractivity contribution is -0.124. The Bertz CT molecular complexity index is 1080. The molecule has 1 aromatic heterocycles. The maximum absolute atomic E-state index is 12.5. The summed E-state index contributed by atoms with van der Waals surface area (Å²) < 4.78 is 5.38. The summed E-state index contributed by atoms with van der Waals surface area (Å²) in [6, 6.07) is 12.5.